The molecule has 8 nitrogen and oxygen atoms in total. The quantitative estimate of drug-likeness (QED) is 0.824. The van der Waals surface area contributed by atoms with Crippen molar-refractivity contribution in [3.05, 3.63) is 47.9 Å². The van der Waals surface area contributed by atoms with Crippen LogP contribution in [-0.2, 0) is 4.74 Å². The van der Waals surface area contributed by atoms with Crippen molar-refractivity contribution >= 4 is 23.5 Å². The first-order chi connectivity index (χ1) is 13.5. The van der Waals surface area contributed by atoms with Gasteiger partial charge in [0.1, 0.15) is 17.8 Å². The Balaban J connectivity index is 1.55. The van der Waals surface area contributed by atoms with E-state index < -0.39 is 0 Å². The van der Waals surface area contributed by atoms with Gasteiger partial charge in [-0.25, -0.2) is 14.8 Å². The Hall–Kier alpha value is -3.16. The zero-order chi connectivity index (χ0) is 19.9. The van der Waals surface area contributed by atoms with Crippen LogP contribution in [0.3, 0.4) is 0 Å². The van der Waals surface area contributed by atoms with Gasteiger partial charge in [0.05, 0.1) is 6.61 Å². The van der Waals surface area contributed by atoms with Crippen LogP contribution >= 0.6 is 0 Å². The molecule has 0 bridgehead atoms. The predicted octanol–water partition coefficient (Wildman–Crippen LogP) is 3.07. The highest BCUT2D eigenvalue weighted by molar-refractivity contribution is 6.03. The van der Waals surface area contributed by atoms with Crippen LogP contribution in [-0.4, -0.2) is 52.6 Å². The number of amides is 2. The Morgan fingerprint density at radius 3 is 2.57 bits per heavy atom. The predicted molar refractivity (Wildman–Crippen MR) is 106 cm³/mol. The number of aromatic nitrogens is 2. The van der Waals surface area contributed by atoms with Crippen molar-refractivity contribution in [3.63, 3.8) is 0 Å². The molecule has 1 aliphatic rings. The lowest BCUT2D eigenvalue weighted by molar-refractivity contribution is 0.0980. The lowest BCUT2D eigenvalue weighted by Gasteiger charge is -2.31. The summed E-state index contributed by atoms with van der Waals surface area (Å²) in [6, 6.07) is 9.39. The van der Waals surface area contributed by atoms with Gasteiger partial charge < -0.3 is 20.3 Å². The molecule has 2 aromatic rings. The average Bonchev–Trinajstić information content (AvgIpc) is 2.70. The first-order valence-electron chi connectivity index (χ1n) is 9.43. The van der Waals surface area contributed by atoms with Gasteiger partial charge in [0.25, 0.3) is 5.91 Å². The molecule has 148 valence electrons. The van der Waals surface area contributed by atoms with Crippen LogP contribution in [0.1, 0.15) is 35.8 Å². The van der Waals surface area contributed by atoms with Crippen LogP contribution in [0.25, 0.3) is 0 Å². The van der Waals surface area contributed by atoms with Gasteiger partial charge in [0, 0.05) is 30.9 Å². The molecule has 28 heavy (non-hydrogen) atoms. The molecule has 0 saturated carbocycles. The van der Waals surface area contributed by atoms with E-state index in [4.69, 9.17) is 4.74 Å². The summed E-state index contributed by atoms with van der Waals surface area (Å²) in [5.41, 5.74) is 2.14. The number of hydrogen-bond donors (Lipinski definition) is 2. The van der Waals surface area contributed by atoms with E-state index in [-0.39, 0.29) is 18.0 Å². The van der Waals surface area contributed by atoms with Gasteiger partial charge in [-0.1, -0.05) is 17.7 Å². The molecule has 1 saturated heterocycles. The van der Waals surface area contributed by atoms with Gasteiger partial charge in [-0.2, -0.15) is 0 Å². The second kappa shape index (κ2) is 9.16. The van der Waals surface area contributed by atoms with Gasteiger partial charge in [-0.05, 0) is 38.8 Å². The highest BCUT2D eigenvalue weighted by Crippen LogP contribution is 2.17. The molecule has 2 amide bonds. The Kier molecular flexibility index (Phi) is 6.41. The summed E-state index contributed by atoms with van der Waals surface area (Å²) in [5, 5.41) is 6.16. The summed E-state index contributed by atoms with van der Waals surface area (Å²) >= 11 is 0. The van der Waals surface area contributed by atoms with Gasteiger partial charge in [-0.3, -0.25) is 4.79 Å². The monoisotopic (exact) mass is 383 g/mol. The first-order valence-corrected chi connectivity index (χ1v) is 9.43. The number of benzene rings is 1. The number of nitrogens with zero attached hydrogens (tertiary/aromatic N) is 3. The van der Waals surface area contributed by atoms with Gasteiger partial charge >= 0.3 is 6.09 Å². The fourth-order valence-electron chi connectivity index (χ4n) is 3.02. The van der Waals surface area contributed by atoms with Gasteiger partial charge in [-0.15, -0.1) is 0 Å². The minimum atomic E-state index is -0.286. The van der Waals surface area contributed by atoms with E-state index in [1.54, 1.807) is 17.9 Å². The third-order valence-electron chi connectivity index (χ3n) is 4.58. The second-order valence-corrected chi connectivity index (χ2v) is 6.71. The molecule has 0 unspecified atom stereocenters. The lowest BCUT2D eigenvalue weighted by atomic mass is 10.1. The number of likely N-dealkylation sites (tertiary alicyclic amines) is 1. The second-order valence-electron chi connectivity index (χ2n) is 6.71. The molecule has 1 aromatic heterocycles. The third kappa shape index (κ3) is 5.18. The molecule has 1 aliphatic heterocycles. The summed E-state index contributed by atoms with van der Waals surface area (Å²) < 4.78 is 5.03. The number of hydrogen-bond acceptors (Lipinski definition) is 6. The van der Waals surface area contributed by atoms with Crippen LogP contribution < -0.4 is 10.6 Å². The van der Waals surface area contributed by atoms with E-state index >= 15 is 0 Å². The fourth-order valence-corrected chi connectivity index (χ4v) is 3.02. The van der Waals surface area contributed by atoms with Gasteiger partial charge in [0.15, 0.2) is 0 Å². The average molecular weight is 383 g/mol. The zero-order valence-corrected chi connectivity index (χ0v) is 16.1. The Labute approximate surface area is 164 Å². The molecule has 0 spiro atoms. The first kappa shape index (κ1) is 19.6. The topological polar surface area (TPSA) is 96.5 Å². The molecule has 0 radical (unpaired) electrons. The minimum absolute atomic E-state index is 0.175. The Morgan fingerprint density at radius 2 is 1.89 bits per heavy atom. The SMILES string of the molecule is CCOC(=O)N1CCC(Nc2cc(C(=O)Nc3ccc(C)cc3)ncn2)CC1. The smallest absolute Gasteiger partial charge is 0.409 e. The molecule has 0 atom stereocenters. The minimum Gasteiger partial charge on any atom is -0.450 e. The van der Waals surface area contributed by atoms with Crippen molar-refractivity contribution in [2.45, 2.75) is 32.7 Å². The standard InChI is InChI=1S/C20H25N5O3/c1-3-28-20(27)25-10-8-16(9-11-25)23-18-12-17(21-13-22-18)19(26)24-15-6-4-14(2)5-7-15/h4-7,12-13,16H,3,8-11H2,1-2H3,(H,24,26)(H,21,22,23). The molecular formula is C20H25N5O3. The maximum atomic E-state index is 12.4. The highest BCUT2D eigenvalue weighted by atomic mass is 16.6. The molecule has 3 rings (SSSR count). The third-order valence-corrected chi connectivity index (χ3v) is 4.58. The highest BCUT2D eigenvalue weighted by Gasteiger charge is 2.23. The van der Waals surface area contributed by atoms with E-state index in [1.165, 1.54) is 6.33 Å². The normalized spacial score (nSPS) is 14.4. The van der Waals surface area contributed by atoms with E-state index in [0.29, 0.717) is 31.2 Å². The molecule has 1 aromatic carbocycles. The summed E-state index contributed by atoms with van der Waals surface area (Å²) in [5.74, 6) is 0.310. The van der Waals surface area contributed by atoms with E-state index in [2.05, 4.69) is 20.6 Å². The molecule has 0 aliphatic carbocycles. The van der Waals surface area contributed by atoms with Crippen molar-refractivity contribution in [1.82, 2.24) is 14.9 Å². The van der Waals surface area contributed by atoms with E-state index in [0.717, 1.165) is 24.1 Å². The Bertz CT molecular complexity index is 817. The van der Waals surface area contributed by atoms with Gasteiger partial charge in [0.2, 0.25) is 0 Å². The van der Waals surface area contributed by atoms with Crippen molar-refractivity contribution in [2.75, 3.05) is 30.3 Å². The molecule has 8 heteroatoms. The number of aryl methyl sites for hydroxylation is 1. The summed E-state index contributed by atoms with van der Waals surface area (Å²) in [4.78, 5) is 34.2. The van der Waals surface area contributed by atoms with Crippen LogP contribution in [0, 0.1) is 6.92 Å². The number of anilines is 2. The van der Waals surface area contributed by atoms with Crippen molar-refractivity contribution in [2.24, 2.45) is 0 Å². The number of carbonyl (C=O) groups excluding carboxylic acids is 2. The number of carbonyl (C=O) groups is 2. The van der Waals surface area contributed by atoms with Crippen molar-refractivity contribution < 1.29 is 14.3 Å². The number of nitrogens with one attached hydrogen (secondary N) is 2. The van der Waals surface area contributed by atoms with Crippen molar-refractivity contribution in [3.8, 4) is 0 Å². The molecular weight excluding hydrogens is 358 g/mol. The Morgan fingerprint density at radius 1 is 1.18 bits per heavy atom. The van der Waals surface area contributed by atoms with E-state index in [9.17, 15) is 9.59 Å². The van der Waals surface area contributed by atoms with Crippen molar-refractivity contribution in [1.29, 1.82) is 0 Å². The maximum absolute atomic E-state index is 12.4. The molecule has 2 heterocycles. The van der Waals surface area contributed by atoms with Crippen LogP contribution in [0.5, 0.6) is 0 Å². The molecule has 2 N–H and O–H groups in total. The van der Waals surface area contributed by atoms with Crippen LogP contribution in [0.2, 0.25) is 0 Å². The molecule has 1 fully saturated rings. The maximum Gasteiger partial charge on any atom is 0.409 e. The summed E-state index contributed by atoms with van der Waals surface area (Å²) in [6.45, 7) is 5.43. The summed E-state index contributed by atoms with van der Waals surface area (Å²) in [7, 11) is 0. The van der Waals surface area contributed by atoms with Crippen LogP contribution in [0.15, 0.2) is 36.7 Å². The zero-order valence-electron chi connectivity index (χ0n) is 16.1. The largest absolute Gasteiger partial charge is 0.450 e. The lowest BCUT2D eigenvalue weighted by Crippen LogP contribution is -2.42. The van der Waals surface area contributed by atoms with Crippen LogP contribution in [0.4, 0.5) is 16.3 Å². The fraction of sp³-hybridized carbons (Fsp3) is 0.400. The number of rotatable bonds is 5. The number of ether oxygens (including phenoxy) is 1. The number of piperidine rings is 1. The van der Waals surface area contributed by atoms with E-state index in [1.807, 2.05) is 31.2 Å². The summed E-state index contributed by atoms with van der Waals surface area (Å²) in [6.07, 6.45) is 2.68.